The lowest BCUT2D eigenvalue weighted by atomic mass is 10.1. The van der Waals surface area contributed by atoms with Gasteiger partial charge in [-0.05, 0) is 56.9 Å². The highest BCUT2D eigenvalue weighted by Crippen LogP contribution is 2.26. The first-order valence-corrected chi connectivity index (χ1v) is 6.80. The minimum atomic E-state index is 0.692. The Morgan fingerprint density at radius 3 is 2.44 bits per heavy atom. The molecule has 0 fully saturated rings. The van der Waals surface area contributed by atoms with Crippen LogP contribution in [0.2, 0.25) is 0 Å². The highest BCUT2D eigenvalue weighted by molar-refractivity contribution is 9.10. The van der Waals surface area contributed by atoms with Crippen molar-refractivity contribution in [2.75, 3.05) is 13.7 Å². The molecule has 100 valence electrons. The zero-order valence-corrected chi connectivity index (χ0v) is 13.0. The standard InChI is InChI=1S/C14H20BrNO2/c1-10-8-13(9-11(2)14(10)15)18-7-5-6-12(3)16-17-4/h8-9H,5-7H2,1-4H3. The number of hydrogen-bond donors (Lipinski definition) is 0. The second-order valence-corrected chi connectivity index (χ2v) is 5.13. The van der Waals surface area contributed by atoms with Gasteiger partial charge in [-0.3, -0.25) is 0 Å². The molecule has 0 bridgehead atoms. The largest absolute Gasteiger partial charge is 0.494 e. The summed E-state index contributed by atoms with van der Waals surface area (Å²) < 4.78 is 6.89. The summed E-state index contributed by atoms with van der Waals surface area (Å²) in [5, 5.41) is 3.86. The second kappa shape index (κ2) is 7.41. The average Bonchev–Trinajstić information content (AvgIpc) is 2.32. The summed E-state index contributed by atoms with van der Waals surface area (Å²) in [6, 6.07) is 4.10. The Morgan fingerprint density at radius 1 is 1.28 bits per heavy atom. The van der Waals surface area contributed by atoms with E-state index in [9.17, 15) is 0 Å². The normalized spacial score (nSPS) is 11.5. The first kappa shape index (κ1) is 15.0. The lowest BCUT2D eigenvalue weighted by molar-refractivity contribution is 0.212. The fourth-order valence-corrected chi connectivity index (χ4v) is 1.94. The minimum absolute atomic E-state index is 0.692. The zero-order valence-electron chi connectivity index (χ0n) is 11.4. The maximum absolute atomic E-state index is 5.73. The van der Waals surface area contributed by atoms with Gasteiger partial charge in [0.1, 0.15) is 12.9 Å². The van der Waals surface area contributed by atoms with Crippen molar-refractivity contribution in [3.63, 3.8) is 0 Å². The molecule has 0 amide bonds. The Bertz CT molecular complexity index is 407. The van der Waals surface area contributed by atoms with Crippen molar-refractivity contribution in [2.45, 2.75) is 33.6 Å². The van der Waals surface area contributed by atoms with E-state index in [-0.39, 0.29) is 0 Å². The molecule has 0 radical (unpaired) electrons. The van der Waals surface area contributed by atoms with Gasteiger partial charge in [-0.25, -0.2) is 0 Å². The van der Waals surface area contributed by atoms with Gasteiger partial charge in [0.15, 0.2) is 0 Å². The molecule has 0 atom stereocenters. The van der Waals surface area contributed by atoms with Gasteiger partial charge in [0, 0.05) is 4.47 Å². The highest BCUT2D eigenvalue weighted by atomic mass is 79.9. The maximum Gasteiger partial charge on any atom is 0.119 e. The van der Waals surface area contributed by atoms with E-state index in [0.717, 1.165) is 28.8 Å². The Balaban J connectivity index is 2.43. The van der Waals surface area contributed by atoms with Gasteiger partial charge < -0.3 is 9.57 Å². The van der Waals surface area contributed by atoms with Crippen molar-refractivity contribution < 1.29 is 9.57 Å². The summed E-state index contributed by atoms with van der Waals surface area (Å²) in [5.74, 6) is 0.925. The van der Waals surface area contributed by atoms with E-state index >= 15 is 0 Å². The number of rotatable bonds is 6. The molecule has 18 heavy (non-hydrogen) atoms. The van der Waals surface area contributed by atoms with Crippen LogP contribution in [0.1, 0.15) is 30.9 Å². The topological polar surface area (TPSA) is 30.8 Å². The van der Waals surface area contributed by atoms with Crippen LogP contribution >= 0.6 is 15.9 Å². The average molecular weight is 314 g/mol. The van der Waals surface area contributed by atoms with E-state index in [1.54, 1.807) is 7.11 Å². The van der Waals surface area contributed by atoms with Crippen LogP contribution in [0.3, 0.4) is 0 Å². The Hall–Kier alpha value is -1.03. The summed E-state index contributed by atoms with van der Waals surface area (Å²) in [5.41, 5.74) is 3.38. The van der Waals surface area contributed by atoms with E-state index in [1.807, 2.05) is 19.1 Å². The Morgan fingerprint density at radius 2 is 1.89 bits per heavy atom. The molecule has 3 nitrogen and oxygen atoms in total. The molecule has 1 aromatic rings. The third-order valence-corrected chi connectivity index (χ3v) is 3.86. The van der Waals surface area contributed by atoms with Crippen LogP contribution in [0.15, 0.2) is 21.8 Å². The highest BCUT2D eigenvalue weighted by Gasteiger charge is 2.03. The van der Waals surface area contributed by atoms with Crippen LogP contribution < -0.4 is 4.74 Å². The molecule has 0 saturated heterocycles. The first-order chi connectivity index (χ1) is 8.54. The van der Waals surface area contributed by atoms with Crippen LogP contribution in [0, 0.1) is 13.8 Å². The predicted octanol–water partition coefficient (Wildman–Crippen LogP) is 4.25. The molecule has 0 aliphatic rings. The number of hydrogen-bond acceptors (Lipinski definition) is 3. The van der Waals surface area contributed by atoms with Crippen molar-refractivity contribution in [1.82, 2.24) is 0 Å². The molecule has 0 unspecified atom stereocenters. The molecule has 0 aliphatic heterocycles. The lowest BCUT2D eigenvalue weighted by Crippen LogP contribution is -2.01. The molecular formula is C14H20BrNO2. The van der Waals surface area contributed by atoms with Crippen LogP contribution in [0.25, 0.3) is 0 Å². The molecule has 0 aromatic heterocycles. The third kappa shape index (κ3) is 4.69. The van der Waals surface area contributed by atoms with E-state index < -0.39 is 0 Å². The monoisotopic (exact) mass is 313 g/mol. The van der Waals surface area contributed by atoms with Gasteiger partial charge >= 0.3 is 0 Å². The summed E-state index contributed by atoms with van der Waals surface area (Å²) in [6.45, 7) is 6.78. The van der Waals surface area contributed by atoms with E-state index in [4.69, 9.17) is 9.57 Å². The van der Waals surface area contributed by atoms with E-state index in [1.165, 1.54) is 11.1 Å². The van der Waals surface area contributed by atoms with Crippen LogP contribution in [0.5, 0.6) is 5.75 Å². The van der Waals surface area contributed by atoms with Crippen molar-refractivity contribution in [1.29, 1.82) is 0 Å². The first-order valence-electron chi connectivity index (χ1n) is 6.00. The number of aryl methyl sites for hydroxylation is 2. The molecule has 1 aromatic carbocycles. The van der Waals surface area contributed by atoms with Gasteiger partial charge in [0.2, 0.25) is 0 Å². The van der Waals surface area contributed by atoms with Gasteiger partial charge in [-0.2, -0.15) is 0 Å². The maximum atomic E-state index is 5.73. The number of oxime groups is 1. The number of halogens is 1. The van der Waals surface area contributed by atoms with Crippen molar-refractivity contribution in [3.05, 3.63) is 27.7 Å². The quantitative estimate of drug-likeness (QED) is 0.446. The minimum Gasteiger partial charge on any atom is -0.494 e. The fourth-order valence-electron chi connectivity index (χ4n) is 1.71. The predicted molar refractivity (Wildman–Crippen MR) is 78.5 cm³/mol. The van der Waals surface area contributed by atoms with Crippen LogP contribution in [-0.4, -0.2) is 19.4 Å². The van der Waals surface area contributed by atoms with E-state index in [2.05, 4.69) is 34.9 Å². The van der Waals surface area contributed by atoms with Crippen molar-refractivity contribution >= 4 is 21.6 Å². The molecule has 0 N–H and O–H groups in total. The van der Waals surface area contributed by atoms with Gasteiger partial charge in [-0.1, -0.05) is 21.1 Å². The molecule has 4 heteroatoms. The summed E-state index contributed by atoms with van der Waals surface area (Å²) in [4.78, 5) is 4.71. The van der Waals surface area contributed by atoms with Crippen LogP contribution in [-0.2, 0) is 4.84 Å². The molecule has 0 aliphatic carbocycles. The SMILES string of the molecule is CON=C(C)CCCOc1cc(C)c(Br)c(C)c1. The number of ether oxygens (including phenoxy) is 1. The summed E-state index contributed by atoms with van der Waals surface area (Å²) >= 11 is 3.55. The molecular weight excluding hydrogens is 294 g/mol. The molecule has 0 heterocycles. The fraction of sp³-hybridized carbons (Fsp3) is 0.500. The number of benzene rings is 1. The Labute approximate surface area is 117 Å². The van der Waals surface area contributed by atoms with Gasteiger partial charge in [-0.15, -0.1) is 0 Å². The molecule has 1 rings (SSSR count). The zero-order chi connectivity index (χ0) is 13.5. The van der Waals surface area contributed by atoms with Crippen LogP contribution in [0.4, 0.5) is 0 Å². The lowest BCUT2D eigenvalue weighted by Gasteiger charge is -2.10. The third-order valence-electron chi connectivity index (χ3n) is 2.61. The summed E-state index contributed by atoms with van der Waals surface area (Å²) in [6.07, 6.45) is 1.83. The summed E-state index contributed by atoms with van der Waals surface area (Å²) in [7, 11) is 1.56. The number of nitrogens with zero attached hydrogens (tertiary/aromatic N) is 1. The van der Waals surface area contributed by atoms with E-state index in [0.29, 0.717) is 6.61 Å². The van der Waals surface area contributed by atoms with Crippen molar-refractivity contribution in [3.8, 4) is 5.75 Å². The van der Waals surface area contributed by atoms with Gasteiger partial charge in [0.05, 0.1) is 12.3 Å². The molecule has 0 saturated carbocycles. The second-order valence-electron chi connectivity index (χ2n) is 4.33. The smallest absolute Gasteiger partial charge is 0.119 e. The van der Waals surface area contributed by atoms with Crippen molar-refractivity contribution in [2.24, 2.45) is 5.16 Å². The van der Waals surface area contributed by atoms with Gasteiger partial charge in [0.25, 0.3) is 0 Å². The Kier molecular flexibility index (Phi) is 6.19. The molecule has 0 spiro atoms.